The van der Waals surface area contributed by atoms with Gasteiger partial charge in [0.2, 0.25) is 0 Å². The molecule has 2 heterocycles. The minimum Gasteiger partial charge on any atom is -0.465 e. The number of rotatable bonds is 3. The molecular weight excluding hydrogens is 323 g/mol. The summed E-state index contributed by atoms with van der Waals surface area (Å²) in [5.74, 6) is 0.114. The van der Waals surface area contributed by atoms with Crippen LogP contribution in [0, 0.1) is 0 Å². The summed E-state index contributed by atoms with van der Waals surface area (Å²) in [4.78, 5) is 14.1. The molecule has 2 aliphatic heterocycles. The van der Waals surface area contributed by atoms with E-state index in [0.29, 0.717) is 22.6 Å². The summed E-state index contributed by atoms with van der Waals surface area (Å²) in [6.07, 6.45) is 1.98. The fourth-order valence-corrected chi connectivity index (χ4v) is 4.09. The maximum Gasteiger partial charge on any atom is 0.325 e. The molecule has 1 aromatic carbocycles. The summed E-state index contributed by atoms with van der Waals surface area (Å²) in [6, 6.07) is 4.06. The third kappa shape index (κ3) is 2.80. The van der Waals surface area contributed by atoms with Crippen molar-refractivity contribution in [2.24, 2.45) is 0 Å². The first-order chi connectivity index (χ1) is 10.6. The second-order valence-electron chi connectivity index (χ2n) is 5.73. The number of hydrogen-bond acceptors (Lipinski definition) is 4. The molecule has 3 rings (SSSR count). The molecule has 0 aliphatic carbocycles. The Morgan fingerprint density at radius 2 is 2.14 bits per heavy atom. The van der Waals surface area contributed by atoms with Gasteiger partial charge in [0.1, 0.15) is 6.54 Å². The predicted molar refractivity (Wildman–Crippen MR) is 89.1 cm³/mol. The van der Waals surface area contributed by atoms with Crippen molar-refractivity contribution >= 4 is 34.9 Å². The predicted octanol–water partition coefficient (Wildman–Crippen LogP) is 3.21. The molecule has 0 bridgehead atoms. The smallest absolute Gasteiger partial charge is 0.325 e. The number of benzene rings is 1. The lowest BCUT2D eigenvalue weighted by molar-refractivity contribution is -0.141. The first kappa shape index (κ1) is 15.9. The van der Waals surface area contributed by atoms with Crippen molar-refractivity contribution in [3.63, 3.8) is 0 Å². The molecule has 0 amide bonds. The van der Waals surface area contributed by atoms with Crippen LogP contribution in [0.4, 0.5) is 5.69 Å². The van der Waals surface area contributed by atoms with Crippen LogP contribution in [0.25, 0.3) is 0 Å². The molecule has 0 unspecified atom stereocenters. The molecule has 1 N–H and O–H groups in total. The van der Waals surface area contributed by atoms with Crippen LogP contribution in [0.3, 0.4) is 0 Å². The molecule has 0 saturated carbocycles. The molecule has 1 aromatic rings. The first-order valence-electron chi connectivity index (χ1n) is 7.74. The first-order valence-corrected chi connectivity index (χ1v) is 8.50. The number of anilines is 1. The van der Waals surface area contributed by atoms with Gasteiger partial charge in [-0.2, -0.15) is 0 Å². The Morgan fingerprint density at radius 1 is 1.36 bits per heavy atom. The number of halogens is 2. The Morgan fingerprint density at radius 3 is 2.91 bits per heavy atom. The van der Waals surface area contributed by atoms with E-state index in [-0.39, 0.29) is 18.6 Å². The van der Waals surface area contributed by atoms with E-state index in [9.17, 15) is 4.79 Å². The fourth-order valence-electron chi connectivity index (χ4n) is 3.62. The SMILES string of the molecule is CCOC(=O)CN1c2ccc(Cl)c(Cl)c2[C@H]2CCNCC[C@@H]21. The van der Waals surface area contributed by atoms with Gasteiger partial charge in [-0.05, 0) is 45.0 Å². The van der Waals surface area contributed by atoms with Crippen LogP contribution in [0.15, 0.2) is 12.1 Å². The molecule has 2 aliphatic rings. The number of esters is 1. The van der Waals surface area contributed by atoms with Crippen molar-refractivity contribution in [3.8, 4) is 0 Å². The summed E-state index contributed by atoms with van der Waals surface area (Å²) in [5.41, 5.74) is 2.12. The molecule has 0 spiro atoms. The minimum absolute atomic E-state index is 0.197. The lowest BCUT2D eigenvalue weighted by Gasteiger charge is -2.28. The molecule has 2 atom stereocenters. The Hall–Kier alpha value is -0.970. The van der Waals surface area contributed by atoms with E-state index >= 15 is 0 Å². The lowest BCUT2D eigenvalue weighted by Crippen LogP contribution is -2.39. The molecule has 1 saturated heterocycles. The van der Waals surface area contributed by atoms with Crippen molar-refractivity contribution in [3.05, 3.63) is 27.7 Å². The average Bonchev–Trinajstić information content (AvgIpc) is 2.65. The maximum atomic E-state index is 12.0. The van der Waals surface area contributed by atoms with Gasteiger partial charge >= 0.3 is 5.97 Å². The highest BCUT2D eigenvalue weighted by atomic mass is 35.5. The highest BCUT2D eigenvalue weighted by Gasteiger charge is 2.41. The van der Waals surface area contributed by atoms with E-state index in [4.69, 9.17) is 27.9 Å². The van der Waals surface area contributed by atoms with Crippen LogP contribution in [-0.4, -0.2) is 38.3 Å². The summed E-state index contributed by atoms with van der Waals surface area (Å²) in [5, 5.41) is 4.63. The minimum atomic E-state index is -0.197. The number of fused-ring (bicyclic) bond motifs is 3. The molecular formula is C16H20Cl2N2O2. The quantitative estimate of drug-likeness (QED) is 0.856. The van der Waals surface area contributed by atoms with Crippen molar-refractivity contribution in [1.82, 2.24) is 5.32 Å². The zero-order valence-electron chi connectivity index (χ0n) is 12.6. The molecule has 120 valence electrons. The Labute approximate surface area is 140 Å². The zero-order valence-corrected chi connectivity index (χ0v) is 14.1. The molecule has 1 fully saturated rings. The van der Waals surface area contributed by atoms with E-state index in [1.807, 2.05) is 19.1 Å². The van der Waals surface area contributed by atoms with Crippen LogP contribution in [-0.2, 0) is 9.53 Å². The van der Waals surface area contributed by atoms with E-state index in [2.05, 4.69) is 10.2 Å². The molecule has 6 heteroatoms. The molecule has 0 aromatic heterocycles. The Balaban J connectivity index is 1.98. The highest BCUT2D eigenvalue weighted by molar-refractivity contribution is 6.42. The Kier molecular flexibility index (Phi) is 4.81. The second kappa shape index (κ2) is 6.65. The Bertz CT molecular complexity index is 580. The van der Waals surface area contributed by atoms with Gasteiger partial charge in [0.05, 0.1) is 16.7 Å². The number of carbonyl (C=O) groups excluding carboxylic acids is 1. The summed E-state index contributed by atoms with van der Waals surface area (Å²) < 4.78 is 5.13. The monoisotopic (exact) mass is 342 g/mol. The fraction of sp³-hybridized carbons (Fsp3) is 0.562. The van der Waals surface area contributed by atoms with E-state index in [1.165, 1.54) is 0 Å². The molecule has 0 radical (unpaired) electrons. The van der Waals surface area contributed by atoms with E-state index in [0.717, 1.165) is 37.2 Å². The number of carbonyl (C=O) groups is 1. The summed E-state index contributed by atoms with van der Waals surface area (Å²) in [7, 11) is 0. The van der Waals surface area contributed by atoms with Gasteiger partial charge in [-0.15, -0.1) is 0 Å². The van der Waals surface area contributed by atoms with Crippen LogP contribution < -0.4 is 10.2 Å². The van der Waals surface area contributed by atoms with Crippen molar-refractivity contribution < 1.29 is 9.53 Å². The van der Waals surface area contributed by atoms with Gasteiger partial charge in [0.25, 0.3) is 0 Å². The molecule has 22 heavy (non-hydrogen) atoms. The zero-order chi connectivity index (χ0) is 15.7. The topological polar surface area (TPSA) is 41.6 Å². The summed E-state index contributed by atoms with van der Waals surface area (Å²) in [6.45, 7) is 4.39. The lowest BCUT2D eigenvalue weighted by atomic mass is 9.91. The van der Waals surface area contributed by atoms with Gasteiger partial charge in [0, 0.05) is 23.2 Å². The number of nitrogens with zero attached hydrogens (tertiary/aromatic N) is 1. The number of ether oxygens (including phenoxy) is 1. The molecule has 4 nitrogen and oxygen atoms in total. The third-order valence-electron chi connectivity index (χ3n) is 4.51. The van der Waals surface area contributed by atoms with E-state index in [1.54, 1.807) is 0 Å². The van der Waals surface area contributed by atoms with Gasteiger partial charge < -0.3 is 15.0 Å². The second-order valence-corrected chi connectivity index (χ2v) is 6.51. The highest BCUT2D eigenvalue weighted by Crippen LogP contribution is 2.49. The van der Waals surface area contributed by atoms with Crippen LogP contribution in [0.2, 0.25) is 10.0 Å². The average molecular weight is 343 g/mol. The number of nitrogens with one attached hydrogen (secondary N) is 1. The van der Waals surface area contributed by atoms with Gasteiger partial charge in [-0.25, -0.2) is 0 Å². The van der Waals surface area contributed by atoms with Gasteiger partial charge in [-0.1, -0.05) is 23.2 Å². The largest absolute Gasteiger partial charge is 0.465 e. The van der Waals surface area contributed by atoms with Crippen molar-refractivity contribution in [2.45, 2.75) is 31.7 Å². The maximum absolute atomic E-state index is 12.0. The standard InChI is InChI=1S/C16H20Cl2N2O2/c1-2-22-14(21)9-20-12-6-8-19-7-5-10(12)15-13(20)4-3-11(17)16(15)18/h3-4,10,12,19H,2,5-9H2,1H3/t10-,12-/m0/s1. The number of hydrogen-bond donors (Lipinski definition) is 1. The van der Waals surface area contributed by atoms with Crippen LogP contribution in [0.5, 0.6) is 0 Å². The van der Waals surface area contributed by atoms with Crippen LogP contribution in [0.1, 0.15) is 31.2 Å². The van der Waals surface area contributed by atoms with Gasteiger partial charge in [-0.3, -0.25) is 4.79 Å². The normalized spacial score (nSPS) is 23.7. The van der Waals surface area contributed by atoms with Gasteiger partial charge in [0.15, 0.2) is 0 Å². The van der Waals surface area contributed by atoms with Crippen LogP contribution >= 0.6 is 23.2 Å². The van der Waals surface area contributed by atoms with Crippen molar-refractivity contribution in [1.29, 1.82) is 0 Å². The van der Waals surface area contributed by atoms with E-state index < -0.39 is 0 Å². The third-order valence-corrected chi connectivity index (χ3v) is 5.33. The van der Waals surface area contributed by atoms with Crippen molar-refractivity contribution in [2.75, 3.05) is 31.1 Å². The summed E-state index contributed by atoms with van der Waals surface area (Å²) >= 11 is 12.7.